The van der Waals surface area contributed by atoms with Crippen molar-refractivity contribution in [2.45, 2.75) is 43.1 Å². The van der Waals surface area contributed by atoms with Crippen molar-refractivity contribution in [3.05, 3.63) is 82.7 Å². The number of pyridine rings is 1. The minimum Gasteiger partial charge on any atom is -0.324 e. The second kappa shape index (κ2) is 7.94. The first-order valence-corrected chi connectivity index (χ1v) is 11.9. The van der Waals surface area contributed by atoms with Crippen LogP contribution in [0.25, 0.3) is 22.7 Å². The van der Waals surface area contributed by atoms with E-state index in [0.717, 1.165) is 60.1 Å². The molecule has 2 aromatic heterocycles. The van der Waals surface area contributed by atoms with Crippen molar-refractivity contribution in [3.8, 4) is 17.1 Å². The molecular formula is C24H22N6OS. The molecule has 3 aliphatic heterocycles. The van der Waals surface area contributed by atoms with E-state index in [9.17, 15) is 4.79 Å². The standard InChI is InChI=1S/C24H22N6OS/c31-23-21-19-11-5-2-7-14-29(19)24(26-22(21)27-30(23)18-9-3-1-4-10-18)32-16-17-15-28-13-8-6-12-20(28)25-17/h1,3-4,6,8-10,12-13,15H,2,5,7,11,14,16H2. The van der Waals surface area contributed by atoms with Crippen LogP contribution >= 0.6 is 11.8 Å². The molecule has 7 nitrogen and oxygen atoms in total. The number of benzene rings is 1. The summed E-state index contributed by atoms with van der Waals surface area (Å²) in [6.45, 7) is 0.877. The molecule has 5 heterocycles. The van der Waals surface area contributed by atoms with Crippen LogP contribution in [0.5, 0.6) is 0 Å². The number of fused-ring (bicyclic) bond motifs is 4. The Morgan fingerprint density at radius 3 is 2.72 bits per heavy atom. The average molecular weight is 443 g/mol. The van der Waals surface area contributed by atoms with Crippen LogP contribution in [0.15, 0.2) is 70.9 Å². The summed E-state index contributed by atoms with van der Waals surface area (Å²) in [5.41, 5.74) is 4.36. The maximum atomic E-state index is 13.3. The van der Waals surface area contributed by atoms with Crippen LogP contribution in [0, 0.1) is 0 Å². The summed E-state index contributed by atoms with van der Waals surface area (Å²) < 4.78 is 5.76. The van der Waals surface area contributed by atoms with E-state index < -0.39 is 0 Å². The van der Waals surface area contributed by atoms with Gasteiger partial charge in [-0.2, -0.15) is 4.68 Å². The molecule has 0 amide bonds. The van der Waals surface area contributed by atoms with Crippen molar-refractivity contribution in [2.75, 3.05) is 0 Å². The number of para-hydroxylation sites is 1. The second-order valence-electron chi connectivity index (χ2n) is 8.04. The van der Waals surface area contributed by atoms with Gasteiger partial charge in [-0.05, 0) is 43.5 Å². The lowest BCUT2D eigenvalue weighted by Crippen LogP contribution is -2.19. The molecule has 0 bridgehead atoms. The lowest BCUT2D eigenvalue weighted by atomic mass is 10.1. The molecule has 0 saturated heterocycles. The normalized spacial score (nSPS) is 14.0. The molecular weight excluding hydrogens is 420 g/mol. The summed E-state index contributed by atoms with van der Waals surface area (Å²) >= 11 is 1.66. The smallest absolute Gasteiger partial charge is 0.284 e. The largest absolute Gasteiger partial charge is 0.324 e. The fourth-order valence-corrected chi connectivity index (χ4v) is 5.33. The minimum absolute atomic E-state index is 0.0822. The molecule has 0 aliphatic carbocycles. The SMILES string of the molecule is O=c1c2c3n(c(SCc4cn5ccccc5n4)nc-2nn1-c1ccccc1)CCCCC3. The van der Waals surface area contributed by atoms with Gasteiger partial charge in [-0.3, -0.25) is 4.79 Å². The van der Waals surface area contributed by atoms with Gasteiger partial charge >= 0.3 is 0 Å². The van der Waals surface area contributed by atoms with Crippen LogP contribution in [0.3, 0.4) is 0 Å². The molecule has 3 aromatic rings. The predicted octanol–water partition coefficient (Wildman–Crippen LogP) is 4.20. The number of thioether (sulfide) groups is 1. The molecule has 8 heteroatoms. The highest BCUT2D eigenvalue weighted by atomic mass is 32.2. The van der Waals surface area contributed by atoms with Gasteiger partial charge < -0.3 is 8.97 Å². The van der Waals surface area contributed by atoms with Crippen molar-refractivity contribution in [3.63, 3.8) is 0 Å². The van der Waals surface area contributed by atoms with Crippen LogP contribution in [-0.4, -0.2) is 28.7 Å². The summed E-state index contributed by atoms with van der Waals surface area (Å²) in [6.07, 6.45) is 8.26. The molecule has 0 atom stereocenters. The van der Waals surface area contributed by atoms with Gasteiger partial charge in [0.2, 0.25) is 0 Å². The highest BCUT2D eigenvalue weighted by molar-refractivity contribution is 7.98. The lowest BCUT2D eigenvalue weighted by Gasteiger charge is -2.17. The van der Waals surface area contributed by atoms with Crippen LogP contribution in [0.2, 0.25) is 0 Å². The van der Waals surface area contributed by atoms with E-state index in [1.54, 1.807) is 11.8 Å². The van der Waals surface area contributed by atoms with Gasteiger partial charge in [0.15, 0.2) is 11.0 Å². The quantitative estimate of drug-likeness (QED) is 0.308. The molecule has 0 radical (unpaired) electrons. The highest BCUT2D eigenvalue weighted by Gasteiger charge is 2.27. The minimum atomic E-state index is -0.0822. The molecule has 32 heavy (non-hydrogen) atoms. The maximum Gasteiger partial charge on any atom is 0.284 e. The van der Waals surface area contributed by atoms with E-state index in [1.165, 1.54) is 4.68 Å². The number of aromatic nitrogens is 6. The first-order chi connectivity index (χ1) is 15.8. The fraction of sp³-hybridized carbons (Fsp3) is 0.250. The fourth-order valence-electron chi connectivity index (χ4n) is 4.40. The molecule has 0 fully saturated rings. The third-order valence-corrected chi connectivity index (χ3v) is 6.94. The molecule has 6 rings (SSSR count). The summed E-state index contributed by atoms with van der Waals surface area (Å²) in [6, 6.07) is 15.6. The Balaban J connectivity index is 1.44. The van der Waals surface area contributed by atoms with Crippen molar-refractivity contribution < 1.29 is 0 Å². The first kappa shape index (κ1) is 19.3. The van der Waals surface area contributed by atoms with E-state index in [0.29, 0.717) is 17.1 Å². The summed E-state index contributed by atoms with van der Waals surface area (Å²) in [7, 11) is 0. The van der Waals surface area contributed by atoms with Gasteiger partial charge in [-0.1, -0.05) is 42.4 Å². The Kier molecular flexibility index (Phi) is 4.79. The van der Waals surface area contributed by atoms with E-state index in [4.69, 9.17) is 9.97 Å². The number of hydrogen-bond donors (Lipinski definition) is 0. The van der Waals surface area contributed by atoms with Gasteiger partial charge in [0.05, 0.1) is 11.4 Å². The van der Waals surface area contributed by atoms with Crippen molar-refractivity contribution >= 4 is 17.4 Å². The summed E-state index contributed by atoms with van der Waals surface area (Å²) in [5.74, 6) is 1.24. The molecule has 0 N–H and O–H groups in total. The number of imidazole rings is 1. The Hall–Kier alpha value is -3.39. The Morgan fingerprint density at radius 2 is 1.84 bits per heavy atom. The van der Waals surface area contributed by atoms with Crippen LogP contribution in [0.1, 0.15) is 30.7 Å². The molecule has 0 spiro atoms. The zero-order chi connectivity index (χ0) is 21.5. The average Bonchev–Trinajstić information content (AvgIpc) is 3.29. The number of rotatable bonds is 4. The number of hydrogen-bond acceptors (Lipinski definition) is 5. The van der Waals surface area contributed by atoms with Crippen molar-refractivity contribution in [1.82, 2.24) is 28.7 Å². The van der Waals surface area contributed by atoms with E-state index in [2.05, 4.69) is 15.9 Å². The molecule has 0 saturated carbocycles. The topological polar surface area (TPSA) is 70.0 Å². The van der Waals surface area contributed by atoms with E-state index in [-0.39, 0.29) is 5.56 Å². The van der Waals surface area contributed by atoms with Gasteiger partial charge in [-0.25, -0.2) is 9.97 Å². The van der Waals surface area contributed by atoms with Crippen LogP contribution < -0.4 is 5.56 Å². The third-order valence-electron chi connectivity index (χ3n) is 5.93. The number of nitrogens with zero attached hydrogens (tertiary/aromatic N) is 6. The van der Waals surface area contributed by atoms with Gasteiger partial charge in [0.1, 0.15) is 11.2 Å². The molecule has 3 aliphatic rings. The van der Waals surface area contributed by atoms with Crippen molar-refractivity contribution in [2.24, 2.45) is 0 Å². The Bertz CT molecular complexity index is 1400. The van der Waals surface area contributed by atoms with Crippen molar-refractivity contribution in [1.29, 1.82) is 0 Å². The Labute approximate surface area is 189 Å². The van der Waals surface area contributed by atoms with Gasteiger partial charge in [0.25, 0.3) is 5.56 Å². The third kappa shape index (κ3) is 3.31. The molecule has 0 unspecified atom stereocenters. The highest BCUT2D eigenvalue weighted by Crippen LogP contribution is 2.31. The predicted molar refractivity (Wildman–Crippen MR) is 125 cm³/mol. The summed E-state index contributed by atoms with van der Waals surface area (Å²) in [5, 5.41) is 5.52. The second-order valence-corrected chi connectivity index (χ2v) is 8.98. The van der Waals surface area contributed by atoms with Gasteiger partial charge in [0, 0.05) is 30.4 Å². The first-order valence-electron chi connectivity index (χ1n) is 10.9. The Morgan fingerprint density at radius 1 is 0.969 bits per heavy atom. The van der Waals surface area contributed by atoms with E-state index in [1.807, 2.05) is 59.1 Å². The molecule has 1 aromatic carbocycles. The lowest BCUT2D eigenvalue weighted by molar-refractivity contribution is 0.571. The van der Waals surface area contributed by atoms with Crippen LogP contribution in [0.4, 0.5) is 0 Å². The summed E-state index contributed by atoms with van der Waals surface area (Å²) in [4.78, 5) is 22.9. The molecule has 160 valence electrons. The van der Waals surface area contributed by atoms with Crippen LogP contribution in [-0.2, 0) is 18.7 Å². The zero-order valence-electron chi connectivity index (χ0n) is 17.5. The monoisotopic (exact) mass is 442 g/mol. The zero-order valence-corrected chi connectivity index (χ0v) is 18.3. The van der Waals surface area contributed by atoms with E-state index >= 15 is 0 Å². The van der Waals surface area contributed by atoms with Gasteiger partial charge in [-0.15, -0.1) is 5.10 Å². The maximum absolute atomic E-state index is 13.3.